The van der Waals surface area contributed by atoms with Crippen molar-refractivity contribution in [2.75, 3.05) is 13.2 Å². The minimum Gasteiger partial charge on any atom is -0.394 e. The summed E-state index contributed by atoms with van der Waals surface area (Å²) in [4.78, 5) is 27.2. The number of benzene rings is 3. The van der Waals surface area contributed by atoms with Crippen LogP contribution in [0.3, 0.4) is 0 Å². The van der Waals surface area contributed by atoms with E-state index in [2.05, 4.69) is 11.4 Å². The van der Waals surface area contributed by atoms with Gasteiger partial charge in [0, 0.05) is 13.1 Å². The fourth-order valence-corrected chi connectivity index (χ4v) is 3.95. The quantitative estimate of drug-likeness (QED) is 0.705. The first-order chi connectivity index (χ1) is 14.2. The standard InChI is InChI=1S/C24H24N2O3/c27-16-22(24(29)26-13-12-17-6-1-2-8-20(17)15-26)25-23(28)14-19-10-5-9-18-7-3-4-11-21(18)19/h1-11,22,27H,12-16H2,(H,25,28). The van der Waals surface area contributed by atoms with Crippen molar-refractivity contribution in [2.45, 2.75) is 25.4 Å². The number of aliphatic hydroxyl groups excluding tert-OH is 1. The Morgan fingerprint density at radius 2 is 1.69 bits per heavy atom. The maximum Gasteiger partial charge on any atom is 0.247 e. The number of nitrogens with zero attached hydrogens (tertiary/aromatic N) is 1. The average Bonchev–Trinajstić information content (AvgIpc) is 2.77. The molecule has 0 radical (unpaired) electrons. The molecule has 0 fully saturated rings. The Balaban J connectivity index is 1.43. The van der Waals surface area contributed by atoms with E-state index in [-0.39, 0.29) is 18.2 Å². The number of aliphatic hydroxyl groups is 1. The molecule has 0 saturated carbocycles. The Kier molecular flexibility index (Phi) is 5.58. The lowest BCUT2D eigenvalue weighted by atomic mass is 9.99. The summed E-state index contributed by atoms with van der Waals surface area (Å²) in [5.74, 6) is -0.514. The summed E-state index contributed by atoms with van der Waals surface area (Å²) >= 11 is 0. The molecule has 1 atom stereocenters. The number of hydrogen-bond acceptors (Lipinski definition) is 3. The van der Waals surface area contributed by atoms with Gasteiger partial charge < -0.3 is 15.3 Å². The van der Waals surface area contributed by atoms with Crippen LogP contribution in [0.1, 0.15) is 16.7 Å². The fourth-order valence-electron chi connectivity index (χ4n) is 3.95. The zero-order chi connectivity index (χ0) is 20.2. The molecule has 3 aromatic carbocycles. The van der Waals surface area contributed by atoms with E-state index in [1.54, 1.807) is 4.90 Å². The summed E-state index contributed by atoms with van der Waals surface area (Å²) in [6.07, 6.45) is 0.942. The van der Waals surface area contributed by atoms with Gasteiger partial charge in [0.25, 0.3) is 0 Å². The summed E-state index contributed by atoms with van der Waals surface area (Å²) in [7, 11) is 0. The Morgan fingerprint density at radius 3 is 2.52 bits per heavy atom. The van der Waals surface area contributed by atoms with Crippen LogP contribution in [0, 0.1) is 0 Å². The van der Waals surface area contributed by atoms with Crippen LogP contribution in [0.5, 0.6) is 0 Å². The molecule has 1 heterocycles. The van der Waals surface area contributed by atoms with Crippen molar-refractivity contribution in [1.82, 2.24) is 10.2 Å². The van der Waals surface area contributed by atoms with Crippen molar-refractivity contribution in [1.29, 1.82) is 0 Å². The first-order valence-electron chi connectivity index (χ1n) is 9.88. The first-order valence-corrected chi connectivity index (χ1v) is 9.88. The Labute approximate surface area is 170 Å². The van der Waals surface area contributed by atoms with Gasteiger partial charge in [0.2, 0.25) is 11.8 Å². The van der Waals surface area contributed by atoms with E-state index in [0.29, 0.717) is 13.1 Å². The Hall–Kier alpha value is -3.18. The normalized spacial score (nSPS) is 14.3. The molecule has 4 rings (SSSR count). The molecule has 5 heteroatoms. The second-order valence-corrected chi connectivity index (χ2v) is 7.40. The van der Waals surface area contributed by atoms with Crippen LogP contribution in [-0.4, -0.2) is 41.0 Å². The van der Waals surface area contributed by atoms with Gasteiger partial charge in [-0.3, -0.25) is 9.59 Å². The third-order valence-corrected chi connectivity index (χ3v) is 5.49. The number of amides is 2. The molecule has 0 spiro atoms. The second kappa shape index (κ2) is 8.45. The highest BCUT2D eigenvalue weighted by Gasteiger charge is 2.28. The van der Waals surface area contributed by atoms with Crippen molar-refractivity contribution < 1.29 is 14.7 Å². The lowest BCUT2D eigenvalue weighted by Crippen LogP contribution is -2.51. The van der Waals surface area contributed by atoms with E-state index >= 15 is 0 Å². The monoisotopic (exact) mass is 388 g/mol. The predicted octanol–water partition coefficient (Wildman–Crippen LogP) is 2.44. The molecular formula is C24H24N2O3. The van der Waals surface area contributed by atoms with Gasteiger partial charge in [-0.15, -0.1) is 0 Å². The van der Waals surface area contributed by atoms with Crippen molar-refractivity contribution in [2.24, 2.45) is 0 Å². The summed E-state index contributed by atoms with van der Waals surface area (Å²) < 4.78 is 0. The molecule has 1 aliphatic rings. The lowest BCUT2D eigenvalue weighted by molar-refractivity contribution is -0.138. The molecule has 0 aromatic heterocycles. The van der Waals surface area contributed by atoms with Gasteiger partial charge in [-0.1, -0.05) is 66.7 Å². The second-order valence-electron chi connectivity index (χ2n) is 7.40. The van der Waals surface area contributed by atoms with E-state index in [9.17, 15) is 14.7 Å². The van der Waals surface area contributed by atoms with Crippen LogP contribution in [0.4, 0.5) is 0 Å². The zero-order valence-electron chi connectivity index (χ0n) is 16.2. The predicted molar refractivity (Wildman–Crippen MR) is 112 cm³/mol. The molecule has 0 saturated heterocycles. The topological polar surface area (TPSA) is 69.6 Å². The minimum absolute atomic E-state index is 0.161. The van der Waals surface area contributed by atoms with Crippen LogP contribution in [0.25, 0.3) is 10.8 Å². The number of carbonyl (C=O) groups is 2. The number of rotatable bonds is 5. The SMILES string of the molecule is O=C(Cc1cccc2ccccc12)NC(CO)C(=O)N1CCc2ccccc2C1. The Bertz CT molecular complexity index is 1040. The molecule has 0 aliphatic carbocycles. The molecule has 2 amide bonds. The van der Waals surface area contributed by atoms with Crippen molar-refractivity contribution in [3.8, 4) is 0 Å². The molecule has 2 N–H and O–H groups in total. The molecule has 5 nitrogen and oxygen atoms in total. The molecule has 148 valence electrons. The van der Waals surface area contributed by atoms with Crippen LogP contribution in [0.15, 0.2) is 66.7 Å². The van der Waals surface area contributed by atoms with Crippen LogP contribution in [-0.2, 0) is 29.0 Å². The van der Waals surface area contributed by atoms with Crippen molar-refractivity contribution in [3.05, 3.63) is 83.4 Å². The lowest BCUT2D eigenvalue weighted by Gasteiger charge is -2.31. The number of hydrogen-bond donors (Lipinski definition) is 2. The molecule has 0 bridgehead atoms. The minimum atomic E-state index is -0.928. The largest absolute Gasteiger partial charge is 0.394 e. The van der Waals surface area contributed by atoms with Gasteiger partial charge in [-0.05, 0) is 33.9 Å². The van der Waals surface area contributed by atoms with Crippen LogP contribution >= 0.6 is 0 Å². The van der Waals surface area contributed by atoms with E-state index in [1.807, 2.05) is 60.7 Å². The summed E-state index contributed by atoms with van der Waals surface area (Å²) in [6.45, 7) is 0.675. The number of carbonyl (C=O) groups excluding carboxylic acids is 2. The molecule has 1 unspecified atom stereocenters. The highest BCUT2D eigenvalue weighted by molar-refractivity contribution is 5.92. The fraction of sp³-hybridized carbons (Fsp3) is 0.250. The van der Waals surface area contributed by atoms with Gasteiger partial charge in [0.05, 0.1) is 13.0 Å². The van der Waals surface area contributed by atoms with E-state index < -0.39 is 12.6 Å². The molecule has 29 heavy (non-hydrogen) atoms. The highest BCUT2D eigenvalue weighted by atomic mass is 16.3. The van der Waals surface area contributed by atoms with Crippen molar-refractivity contribution >= 4 is 22.6 Å². The zero-order valence-corrected chi connectivity index (χ0v) is 16.2. The number of fused-ring (bicyclic) bond motifs is 2. The van der Waals surface area contributed by atoms with Gasteiger partial charge in [0.1, 0.15) is 6.04 Å². The first kappa shape index (κ1) is 19.2. The third kappa shape index (κ3) is 4.15. The van der Waals surface area contributed by atoms with E-state index in [0.717, 1.165) is 28.3 Å². The van der Waals surface area contributed by atoms with Gasteiger partial charge in [-0.2, -0.15) is 0 Å². The maximum atomic E-state index is 12.9. The Morgan fingerprint density at radius 1 is 0.966 bits per heavy atom. The summed E-state index contributed by atoms with van der Waals surface area (Å²) in [6, 6.07) is 20.9. The third-order valence-electron chi connectivity index (χ3n) is 5.49. The van der Waals surface area contributed by atoms with Gasteiger partial charge in [0.15, 0.2) is 0 Å². The van der Waals surface area contributed by atoms with Crippen LogP contribution < -0.4 is 5.32 Å². The summed E-state index contributed by atoms with van der Waals surface area (Å²) in [5.41, 5.74) is 3.26. The number of nitrogens with one attached hydrogen (secondary N) is 1. The molecule has 1 aliphatic heterocycles. The highest BCUT2D eigenvalue weighted by Crippen LogP contribution is 2.20. The summed E-state index contributed by atoms with van der Waals surface area (Å²) in [5, 5.41) is 14.6. The van der Waals surface area contributed by atoms with Gasteiger partial charge >= 0.3 is 0 Å². The van der Waals surface area contributed by atoms with E-state index in [4.69, 9.17) is 0 Å². The molecule has 3 aromatic rings. The van der Waals surface area contributed by atoms with Crippen LogP contribution in [0.2, 0.25) is 0 Å². The van der Waals surface area contributed by atoms with Crippen molar-refractivity contribution in [3.63, 3.8) is 0 Å². The maximum absolute atomic E-state index is 12.9. The average molecular weight is 388 g/mol. The molecular weight excluding hydrogens is 364 g/mol. The smallest absolute Gasteiger partial charge is 0.247 e. The van der Waals surface area contributed by atoms with E-state index in [1.165, 1.54) is 5.56 Å². The van der Waals surface area contributed by atoms with Gasteiger partial charge in [-0.25, -0.2) is 0 Å².